The van der Waals surface area contributed by atoms with Crippen LogP contribution in [0.3, 0.4) is 0 Å². The van der Waals surface area contributed by atoms with Crippen LogP contribution in [0, 0.1) is 0 Å². The molecule has 1 aromatic carbocycles. The number of carboxylic acid groups (broad SMARTS) is 2. The molecule has 1 aromatic heterocycles. The first kappa shape index (κ1) is 38.6. The number of nitrogens with zero attached hydrogens (tertiary/aromatic N) is 3. The fraction of sp³-hybridized carbons (Fsp3) is 0.481. The minimum Gasteiger partial charge on any atom is -0.475 e. The van der Waals surface area contributed by atoms with Gasteiger partial charge in [0.15, 0.2) is 0 Å². The third kappa shape index (κ3) is 13.0. The van der Waals surface area contributed by atoms with Gasteiger partial charge in [0.1, 0.15) is 6.04 Å². The number of aliphatic carboxylic acids is 2. The summed E-state index contributed by atoms with van der Waals surface area (Å²) in [5.41, 5.74) is 0.622. The van der Waals surface area contributed by atoms with Crippen LogP contribution in [0.5, 0.6) is 0 Å². The SMILES string of the molecule is CN1CCN(C2CCN(C(=O)[C@H](NC(=O)Nc3ccc(Cl)cc3)c3cccs3)CC2)CC1.O=C(O)C(F)(F)F.O=C(O)C(F)(F)F. The Bertz CT molecular complexity index is 1260. The van der Waals surface area contributed by atoms with Crippen molar-refractivity contribution in [3.63, 3.8) is 0 Å². The van der Waals surface area contributed by atoms with E-state index in [1.54, 1.807) is 24.3 Å². The normalized spacial score (nSPS) is 17.0. The monoisotopic (exact) mass is 703 g/mol. The Morgan fingerprint density at radius 3 is 1.80 bits per heavy atom. The minimum atomic E-state index is -5.08. The first-order valence-electron chi connectivity index (χ1n) is 13.6. The number of hydrogen-bond donors (Lipinski definition) is 4. The van der Waals surface area contributed by atoms with E-state index in [0.29, 0.717) is 16.8 Å². The standard InChI is InChI=1S/C23H30ClN5O2S.2C2HF3O2/c1-27-12-14-28(15-13-27)19-8-10-29(11-9-19)22(30)21(20-3-2-16-32-20)26-23(31)25-18-6-4-17(24)5-7-18;2*3-2(4,5)1(6)7/h2-7,16,19,21H,8-15H2,1H3,(H2,25,26,31);2*(H,6,7)/t21-;;/m1../s1. The predicted octanol–water partition coefficient (Wildman–Crippen LogP) is 4.77. The molecule has 3 heterocycles. The largest absolute Gasteiger partial charge is 0.490 e. The fourth-order valence-corrected chi connectivity index (χ4v) is 5.26. The number of halogens is 7. The number of hydrogen-bond acceptors (Lipinski definition) is 7. The van der Waals surface area contributed by atoms with Gasteiger partial charge >= 0.3 is 30.3 Å². The molecule has 0 bridgehead atoms. The Morgan fingerprint density at radius 1 is 0.870 bits per heavy atom. The molecule has 4 rings (SSSR count). The van der Waals surface area contributed by atoms with Crippen LogP contribution < -0.4 is 10.6 Å². The average molecular weight is 704 g/mol. The molecule has 0 aliphatic carbocycles. The highest BCUT2D eigenvalue weighted by molar-refractivity contribution is 7.10. The van der Waals surface area contributed by atoms with E-state index in [4.69, 9.17) is 31.4 Å². The van der Waals surface area contributed by atoms with Crippen LogP contribution in [0.25, 0.3) is 0 Å². The Kier molecular flexibility index (Phi) is 14.5. The zero-order chi connectivity index (χ0) is 34.7. The molecule has 0 unspecified atom stereocenters. The molecule has 2 fully saturated rings. The third-order valence-corrected chi connectivity index (χ3v) is 7.96. The quantitative estimate of drug-likeness (QED) is 0.327. The molecule has 4 N–H and O–H groups in total. The predicted molar refractivity (Wildman–Crippen MR) is 157 cm³/mol. The van der Waals surface area contributed by atoms with Gasteiger partial charge in [-0.05, 0) is 55.6 Å². The maximum atomic E-state index is 13.4. The lowest BCUT2D eigenvalue weighted by Gasteiger charge is -2.42. The van der Waals surface area contributed by atoms with Crippen LogP contribution >= 0.6 is 22.9 Å². The number of likely N-dealkylation sites (tertiary alicyclic amines) is 1. The molecule has 0 spiro atoms. The number of alkyl halides is 6. The van der Waals surface area contributed by atoms with Gasteiger partial charge in [0.05, 0.1) is 0 Å². The average Bonchev–Trinajstić information content (AvgIpc) is 3.52. The molecular formula is C27H32ClF6N5O6S. The number of nitrogens with one attached hydrogen (secondary N) is 2. The van der Waals surface area contributed by atoms with Gasteiger partial charge in [-0.2, -0.15) is 26.3 Å². The van der Waals surface area contributed by atoms with Crippen molar-refractivity contribution in [1.82, 2.24) is 20.0 Å². The molecule has 2 saturated heterocycles. The molecule has 46 heavy (non-hydrogen) atoms. The maximum absolute atomic E-state index is 13.4. The van der Waals surface area contributed by atoms with Crippen LogP contribution in [-0.2, 0) is 14.4 Å². The van der Waals surface area contributed by atoms with Crippen LogP contribution in [-0.4, -0.2) is 114 Å². The van der Waals surface area contributed by atoms with Crippen LogP contribution in [0.15, 0.2) is 41.8 Å². The number of amides is 3. The van der Waals surface area contributed by atoms with E-state index < -0.39 is 36.4 Å². The number of anilines is 1. The number of piperazine rings is 1. The first-order chi connectivity index (χ1) is 21.4. The number of benzene rings is 1. The maximum Gasteiger partial charge on any atom is 0.490 e. The van der Waals surface area contributed by atoms with Gasteiger partial charge in [-0.1, -0.05) is 17.7 Å². The van der Waals surface area contributed by atoms with Gasteiger partial charge in [0, 0.05) is 60.9 Å². The summed E-state index contributed by atoms with van der Waals surface area (Å²) < 4.78 is 63.5. The minimum absolute atomic E-state index is 0.0458. The van der Waals surface area contributed by atoms with E-state index in [2.05, 4.69) is 27.5 Å². The van der Waals surface area contributed by atoms with Crippen LogP contribution in [0.2, 0.25) is 5.02 Å². The number of thiophene rings is 1. The van der Waals surface area contributed by atoms with E-state index in [1.165, 1.54) is 11.3 Å². The molecule has 256 valence electrons. The molecule has 0 saturated carbocycles. The number of carbonyl (C=O) groups excluding carboxylic acids is 2. The lowest BCUT2D eigenvalue weighted by atomic mass is 10.0. The number of likely N-dealkylation sites (N-methyl/N-ethyl adjacent to an activating group) is 1. The van der Waals surface area contributed by atoms with Crippen molar-refractivity contribution < 1.29 is 55.7 Å². The van der Waals surface area contributed by atoms with Crippen molar-refractivity contribution in [3.05, 3.63) is 51.7 Å². The van der Waals surface area contributed by atoms with E-state index in [0.717, 1.165) is 57.0 Å². The summed E-state index contributed by atoms with van der Waals surface area (Å²) in [5.74, 6) is -5.56. The zero-order valence-electron chi connectivity index (χ0n) is 24.3. The van der Waals surface area contributed by atoms with E-state index in [-0.39, 0.29) is 5.91 Å². The second-order valence-corrected chi connectivity index (χ2v) is 11.5. The van der Waals surface area contributed by atoms with E-state index in [9.17, 15) is 35.9 Å². The van der Waals surface area contributed by atoms with Crippen molar-refractivity contribution in [2.24, 2.45) is 0 Å². The summed E-state index contributed by atoms with van der Waals surface area (Å²) >= 11 is 7.39. The van der Waals surface area contributed by atoms with Crippen molar-refractivity contribution in [2.45, 2.75) is 37.3 Å². The number of carboxylic acids is 2. The van der Waals surface area contributed by atoms with Gasteiger partial charge in [-0.25, -0.2) is 14.4 Å². The molecule has 11 nitrogen and oxygen atoms in total. The van der Waals surface area contributed by atoms with Crippen molar-refractivity contribution in [2.75, 3.05) is 51.6 Å². The highest BCUT2D eigenvalue weighted by atomic mass is 35.5. The third-order valence-electron chi connectivity index (χ3n) is 6.77. The topological polar surface area (TPSA) is 143 Å². The molecule has 0 radical (unpaired) electrons. The summed E-state index contributed by atoms with van der Waals surface area (Å²) in [6, 6.07) is 10.1. The van der Waals surface area contributed by atoms with Crippen molar-refractivity contribution in [1.29, 1.82) is 0 Å². The van der Waals surface area contributed by atoms with Crippen LogP contribution in [0.4, 0.5) is 36.8 Å². The Hall–Kier alpha value is -3.61. The fourth-order valence-electron chi connectivity index (χ4n) is 4.36. The highest BCUT2D eigenvalue weighted by Crippen LogP contribution is 2.25. The summed E-state index contributed by atoms with van der Waals surface area (Å²) in [7, 11) is 2.17. The van der Waals surface area contributed by atoms with Crippen molar-refractivity contribution in [3.8, 4) is 0 Å². The lowest BCUT2D eigenvalue weighted by Crippen LogP contribution is -2.54. The van der Waals surface area contributed by atoms with Gasteiger partial charge < -0.3 is 30.6 Å². The Balaban J connectivity index is 0.000000440. The van der Waals surface area contributed by atoms with Crippen molar-refractivity contribution >= 4 is 52.5 Å². The second kappa shape index (κ2) is 17.3. The summed E-state index contributed by atoms with van der Waals surface area (Å²) in [5, 5.41) is 22.4. The van der Waals surface area contributed by atoms with E-state index >= 15 is 0 Å². The number of urea groups is 1. The molecule has 2 aliphatic rings. The Morgan fingerprint density at radius 2 is 1.37 bits per heavy atom. The molecule has 1 atom stereocenters. The van der Waals surface area contributed by atoms with E-state index in [1.807, 2.05) is 22.4 Å². The molecule has 2 aliphatic heterocycles. The molecule has 3 amide bonds. The summed E-state index contributed by atoms with van der Waals surface area (Å²) in [6.07, 6.45) is -8.22. The second-order valence-electron chi connectivity index (χ2n) is 10.1. The number of rotatable bonds is 5. The number of piperidine rings is 1. The summed E-state index contributed by atoms with van der Waals surface area (Å²) in [4.78, 5) is 51.5. The Labute approximate surface area is 268 Å². The lowest BCUT2D eigenvalue weighted by molar-refractivity contribution is -0.193. The molecule has 19 heteroatoms. The zero-order valence-corrected chi connectivity index (χ0v) is 25.8. The van der Waals surface area contributed by atoms with Gasteiger partial charge in [-0.15, -0.1) is 11.3 Å². The molecule has 2 aromatic rings. The first-order valence-corrected chi connectivity index (χ1v) is 14.8. The van der Waals surface area contributed by atoms with Gasteiger partial charge in [-0.3, -0.25) is 9.69 Å². The van der Waals surface area contributed by atoms with Crippen LogP contribution in [0.1, 0.15) is 23.8 Å². The van der Waals surface area contributed by atoms with Gasteiger partial charge in [0.2, 0.25) is 0 Å². The summed E-state index contributed by atoms with van der Waals surface area (Å²) in [6.45, 7) is 5.84. The van der Waals surface area contributed by atoms with Gasteiger partial charge in [0.25, 0.3) is 5.91 Å². The molecular weight excluding hydrogens is 672 g/mol. The highest BCUT2D eigenvalue weighted by Gasteiger charge is 2.39. The number of carbonyl (C=O) groups is 4. The smallest absolute Gasteiger partial charge is 0.475 e.